The van der Waals surface area contributed by atoms with E-state index in [1.807, 2.05) is 36.4 Å². The van der Waals surface area contributed by atoms with Gasteiger partial charge in [0.05, 0.1) is 30.8 Å². The summed E-state index contributed by atoms with van der Waals surface area (Å²) in [6.07, 6.45) is -5.62. The summed E-state index contributed by atoms with van der Waals surface area (Å²) in [7, 11) is 0. The van der Waals surface area contributed by atoms with Crippen molar-refractivity contribution < 1.29 is 44.6 Å². The zero-order valence-corrected chi connectivity index (χ0v) is 22.9. The maximum atomic E-state index is 13.3. The van der Waals surface area contributed by atoms with Crippen molar-refractivity contribution in [3.8, 4) is 5.75 Å². The molecule has 2 aliphatic rings. The predicted molar refractivity (Wildman–Crippen MR) is 151 cm³/mol. The smallest absolute Gasteiger partial charge is 0.233 e. The number of aliphatic hydroxyl groups excluding tert-OH is 5. The van der Waals surface area contributed by atoms with Crippen LogP contribution in [0.25, 0.3) is 0 Å². The molecule has 0 aromatic heterocycles. The van der Waals surface area contributed by atoms with Gasteiger partial charge in [-0.25, -0.2) is 4.39 Å². The van der Waals surface area contributed by atoms with Crippen molar-refractivity contribution >= 4 is 11.6 Å². The van der Waals surface area contributed by atoms with Crippen LogP contribution in [0.15, 0.2) is 72.8 Å². The van der Waals surface area contributed by atoms with Crippen molar-refractivity contribution in [1.82, 2.24) is 0 Å². The minimum Gasteiger partial charge on any atom is -0.508 e. The summed E-state index contributed by atoms with van der Waals surface area (Å²) < 4.78 is 18.9. The fourth-order valence-corrected chi connectivity index (χ4v) is 5.97. The third kappa shape index (κ3) is 6.05. The topological polar surface area (TPSA) is 151 Å². The lowest BCUT2D eigenvalue weighted by atomic mass is 9.77. The summed E-state index contributed by atoms with van der Waals surface area (Å²) in [6.45, 7) is -0.503. The standard InChI is InChI=1S/C32H36FNO8/c33-20-10-8-19(9-11-20)24(36)14-13-23-28(34(32(23)41)21-4-2-1-3-5-21)22-12-6-18(16-25(22)37)7-15-26-29(38)31(40)30(39)27(17-35)42-26/h1-6,8-12,16,23-24,26-31,35-40H,7,13-15,17H2/t23-,24+,26+,27?,28-,29?,30-,31-/m1/s1. The van der Waals surface area contributed by atoms with Crippen molar-refractivity contribution in [2.45, 2.75) is 68.3 Å². The van der Waals surface area contributed by atoms with Crippen LogP contribution >= 0.6 is 0 Å². The number of rotatable bonds is 10. The van der Waals surface area contributed by atoms with Gasteiger partial charge in [0.15, 0.2) is 0 Å². The molecule has 8 atom stereocenters. The number of aromatic hydroxyl groups is 1. The summed E-state index contributed by atoms with van der Waals surface area (Å²) in [5.41, 5.74) is 2.53. The summed E-state index contributed by atoms with van der Waals surface area (Å²) in [5, 5.41) is 61.6. The molecular formula is C32H36FNO8. The van der Waals surface area contributed by atoms with Crippen molar-refractivity contribution in [2.75, 3.05) is 11.5 Å². The molecule has 2 saturated heterocycles. The summed E-state index contributed by atoms with van der Waals surface area (Å²) in [5.74, 6) is -1.02. The van der Waals surface area contributed by atoms with Crippen molar-refractivity contribution in [3.63, 3.8) is 0 Å². The van der Waals surface area contributed by atoms with Gasteiger partial charge in [-0.3, -0.25) is 4.79 Å². The Morgan fingerprint density at radius 3 is 2.24 bits per heavy atom. The minimum atomic E-state index is -1.45. The largest absolute Gasteiger partial charge is 0.508 e. The molecule has 0 saturated carbocycles. The number of anilines is 1. The van der Waals surface area contributed by atoms with E-state index in [-0.39, 0.29) is 24.5 Å². The highest BCUT2D eigenvalue weighted by Gasteiger charge is 2.49. The van der Waals surface area contributed by atoms with E-state index in [4.69, 9.17) is 4.74 Å². The van der Waals surface area contributed by atoms with Crippen molar-refractivity contribution in [3.05, 3.63) is 95.3 Å². The van der Waals surface area contributed by atoms with Crippen LogP contribution in [0.1, 0.15) is 48.1 Å². The van der Waals surface area contributed by atoms with Crippen LogP contribution in [0.2, 0.25) is 0 Å². The van der Waals surface area contributed by atoms with E-state index in [1.54, 1.807) is 17.0 Å². The molecule has 2 aliphatic heterocycles. The summed E-state index contributed by atoms with van der Waals surface area (Å²) in [4.78, 5) is 15.0. The number of nitrogens with zero attached hydrogens (tertiary/aromatic N) is 1. The fraction of sp³-hybridized carbons (Fsp3) is 0.406. The lowest BCUT2D eigenvalue weighted by Crippen LogP contribution is -2.58. The fourth-order valence-electron chi connectivity index (χ4n) is 5.97. The molecule has 10 heteroatoms. The molecule has 0 bridgehead atoms. The number of halogens is 1. The van der Waals surface area contributed by atoms with E-state index in [2.05, 4.69) is 0 Å². The van der Waals surface area contributed by atoms with Gasteiger partial charge in [-0.05, 0) is 67.1 Å². The van der Waals surface area contributed by atoms with Crippen LogP contribution in [0, 0.1) is 11.7 Å². The first kappa shape index (κ1) is 30.1. The van der Waals surface area contributed by atoms with Gasteiger partial charge < -0.3 is 40.3 Å². The number of hydrogen-bond donors (Lipinski definition) is 6. The second-order valence-corrected chi connectivity index (χ2v) is 11.0. The third-order valence-electron chi connectivity index (χ3n) is 8.38. The van der Waals surface area contributed by atoms with Crippen LogP contribution in [0.5, 0.6) is 5.75 Å². The van der Waals surface area contributed by atoms with E-state index >= 15 is 0 Å². The molecule has 0 radical (unpaired) electrons. The zero-order valence-electron chi connectivity index (χ0n) is 22.9. The average Bonchev–Trinajstić information content (AvgIpc) is 2.99. The van der Waals surface area contributed by atoms with Gasteiger partial charge in [-0.15, -0.1) is 0 Å². The molecule has 3 aromatic rings. The Hall–Kier alpha value is -3.38. The second-order valence-electron chi connectivity index (χ2n) is 11.0. The Labute approximate surface area is 243 Å². The number of carbonyl (C=O) groups excluding carboxylic acids is 1. The molecule has 0 spiro atoms. The van der Waals surface area contributed by atoms with Gasteiger partial charge >= 0.3 is 0 Å². The first-order chi connectivity index (χ1) is 20.2. The van der Waals surface area contributed by atoms with E-state index < -0.39 is 61.0 Å². The summed E-state index contributed by atoms with van der Waals surface area (Å²) >= 11 is 0. The van der Waals surface area contributed by atoms with E-state index in [0.29, 0.717) is 29.7 Å². The number of para-hydroxylation sites is 1. The van der Waals surface area contributed by atoms with Gasteiger partial charge in [0.1, 0.15) is 36.0 Å². The minimum absolute atomic E-state index is 0.0104. The quantitative estimate of drug-likeness (QED) is 0.200. The normalized spacial score (nSPS) is 28.4. The number of ether oxygens (including phenoxy) is 1. The zero-order chi connectivity index (χ0) is 30.0. The van der Waals surface area contributed by atoms with E-state index in [9.17, 15) is 39.8 Å². The molecule has 6 N–H and O–H groups in total. The second kappa shape index (κ2) is 12.9. The van der Waals surface area contributed by atoms with Crippen molar-refractivity contribution in [1.29, 1.82) is 0 Å². The Kier molecular flexibility index (Phi) is 9.22. The predicted octanol–water partition coefficient (Wildman–Crippen LogP) is 2.52. The number of benzene rings is 3. The first-order valence-corrected chi connectivity index (χ1v) is 14.1. The SMILES string of the molecule is O=C1[C@H](CC[C@H](O)c2ccc(F)cc2)[C@@H](c2ccc(CC[C@@H]3OC(CO)[C@@H](O)[C@H](O)C3O)cc2O)N1c1ccccc1. The average molecular weight is 582 g/mol. The van der Waals surface area contributed by atoms with Crippen LogP contribution in [-0.4, -0.2) is 73.7 Å². The molecule has 2 fully saturated rings. The Morgan fingerprint density at radius 2 is 1.57 bits per heavy atom. The molecule has 2 unspecified atom stereocenters. The van der Waals surface area contributed by atoms with Crippen LogP contribution < -0.4 is 4.90 Å². The molecule has 42 heavy (non-hydrogen) atoms. The molecule has 224 valence electrons. The highest BCUT2D eigenvalue weighted by molar-refractivity contribution is 6.03. The Bertz CT molecular complexity index is 1350. The highest BCUT2D eigenvalue weighted by atomic mass is 19.1. The third-order valence-corrected chi connectivity index (χ3v) is 8.38. The van der Waals surface area contributed by atoms with Crippen LogP contribution in [0.3, 0.4) is 0 Å². The maximum Gasteiger partial charge on any atom is 0.233 e. The first-order valence-electron chi connectivity index (χ1n) is 14.1. The van der Waals surface area contributed by atoms with Gasteiger partial charge in [-0.1, -0.05) is 42.5 Å². The summed E-state index contributed by atoms with van der Waals surface area (Å²) in [6, 6.07) is 19.4. The number of hydrogen-bond acceptors (Lipinski definition) is 8. The van der Waals surface area contributed by atoms with Gasteiger partial charge in [0, 0.05) is 11.3 Å². The Morgan fingerprint density at radius 1 is 0.881 bits per heavy atom. The number of phenols is 1. The lowest BCUT2D eigenvalue weighted by Gasteiger charge is -2.48. The van der Waals surface area contributed by atoms with Gasteiger partial charge in [0.25, 0.3) is 0 Å². The molecule has 2 heterocycles. The van der Waals surface area contributed by atoms with E-state index in [1.165, 1.54) is 24.3 Å². The van der Waals surface area contributed by atoms with Crippen LogP contribution in [0.4, 0.5) is 10.1 Å². The molecule has 3 aromatic carbocycles. The molecule has 0 aliphatic carbocycles. The number of amides is 1. The monoisotopic (exact) mass is 581 g/mol. The Balaban J connectivity index is 1.31. The highest BCUT2D eigenvalue weighted by Crippen LogP contribution is 2.48. The lowest BCUT2D eigenvalue weighted by molar-refractivity contribution is -0.230. The number of phenolic OH excluding ortho intramolecular Hbond substituents is 1. The number of β-lactam (4-membered cyclic amide) rings is 1. The number of aryl methyl sites for hydroxylation is 1. The molecule has 9 nitrogen and oxygen atoms in total. The molecule has 5 rings (SSSR count). The molecule has 1 amide bonds. The molecular weight excluding hydrogens is 545 g/mol. The maximum absolute atomic E-state index is 13.3. The van der Waals surface area contributed by atoms with Crippen molar-refractivity contribution in [2.24, 2.45) is 5.92 Å². The number of carbonyl (C=O) groups is 1. The van der Waals surface area contributed by atoms with Gasteiger partial charge in [-0.2, -0.15) is 0 Å². The number of aliphatic hydroxyl groups is 5. The van der Waals surface area contributed by atoms with Gasteiger partial charge in [0.2, 0.25) is 5.91 Å². The van der Waals surface area contributed by atoms with Crippen LogP contribution in [-0.2, 0) is 16.0 Å². The van der Waals surface area contributed by atoms with E-state index in [0.717, 1.165) is 5.56 Å².